The zero-order valence-electron chi connectivity index (χ0n) is 20.6. The van der Waals surface area contributed by atoms with Crippen LogP contribution in [0, 0.1) is 12.8 Å². The number of carbonyl (C=O) groups is 3. The number of para-hydroxylation sites is 1. The van der Waals surface area contributed by atoms with Gasteiger partial charge in [-0.15, -0.1) is 0 Å². The van der Waals surface area contributed by atoms with Crippen molar-refractivity contribution in [3.05, 3.63) is 77.5 Å². The molecule has 0 spiro atoms. The van der Waals surface area contributed by atoms with E-state index >= 15 is 0 Å². The zero-order valence-corrected chi connectivity index (χ0v) is 20.6. The summed E-state index contributed by atoms with van der Waals surface area (Å²) in [6, 6.07) is 14.7. The average molecular weight is 490 g/mol. The number of nitrogens with zero attached hydrogens (tertiary/aromatic N) is 1. The van der Waals surface area contributed by atoms with Gasteiger partial charge in [0.15, 0.2) is 0 Å². The lowest BCUT2D eigenvalue weighted by atomic mass is 9.75. The maximum absolute atomic E-state index is 13.1. The maximum atomic E-state index is 13.1. The van der Waals surface area contributed by atoms with Crippen molar-refractivity contribution in [1.82, 2.24) is 20.9 Å². The lowest BCUT2D eigenvalue weighted by Crippen LogP contribution is -2.57. The molecule has 3 aromatic rings. The van der Waals surface area contributed by atoms with Gasteiger partial charge in [-0.2, -0.15) is 0 Å². The lowest BCUT2D eigenvalue weighted by Gasteiger charge is -2.24. The molecule has 5 N–H and O–H groups in total. The van der Waals surface area contributed by atoms with Crippen molar-refractivity contribution >= 4 is 35.7 Å². The average Bonchev–Trinajstić information content (AvgIpc) is 2.85. The van der Waals surface area contributed by atoms with Gasteiger partial charge in [-0.05, 0) is 43.5 Å². The molecule has 0 aliphatic rings. The van der Waals surface area contributed by atoms with Crippen molar-refractivity contribution in [2.24, 2.45) is 5.92 Å². The number of fused-ring (bicyclic) bond motifs is 1. The van der Waals surface area contributed by atoms with Crippen LogP contribution in [0.1, 0.15) is 46.5 Å². The van der Waals surface area contributed by atoms with E-state index < -0.39 is 36.8 Å². The molecule has 0 aliphatic heterocycles. The van der Waals surface area contributed by atoms with Crippen LogP contribution < -0.4 is 16.0 Å². The molecule has 0 unspecified atom stereocenters. The second-order valence-corrected chi connectivity index (χ2v) is 9.18. The number of benzene rings is 2. The van der Waals surface area contributed by atoms with Crippen LogP contribution in [0.2, 0.25) is 0 Å². The van der Waals surface area contributed by atoms with E-state index in [0.717, 1.165) is 16.5 Å². The van der Waals surface area contributed by atoms with E-state index in [2.05, 4.69) is 20.9 Å². The third-order valence-corrected chi connectivity index (χ3v) is 5.67. The molecule has 3 rings (SSSR count). The highest BCUT2D eigenvalue weighted by Gasteiger charge is 2.30. The SMILES string of the molecule is Cc1ccc(C(=O)NC[C@H](NC(=O)c2cnc3ccccc3c2)C(=O)N[C@@H](CC(C)C)B(O)O)cc1. The summed E-state index contributed by atoms with van der Waals surface area (Å²) >= 11 is 0. The molecule has 0 saturated heterocycles. The van der Waals surface area contributed by atoms with Gasteiger partial charge in [-0.1, -0.05) is 49.7 Å². The zero-order chi connectivity index (χ0) is 26.2. The van der Waals surface area contributed by atoms with Crippen LogP contribution >= 0.6 is 0 Å². The number of carbonyl (C=O) groups excluding carboxylic acids is 3. The second-order valence-electron chi connectivity index (χ2n) is 9.18. The van der Waals surface area contributed by atoms with E-state index in [-0.39, 0.29) is 18.0 Å². The van der Waals surface area contributed by atoms with E-state index in [1.807, 2.05) is 45.0 Å². The summed E-state index contributed by atoms with van der Waals surface area (Å²) in [4.78, 5) is 43.0. The van der Waals surface area contributed by atoms with Crippen LogP contribution in [0.3, 0.4) is 0 Å². The minimum absolute atomic E-state index is 0.0788. The van der Waals surface area contributed by atoms with Gasteiger partial charge in [-0.25, -0.2) is 0 Å². The van der Waals surface area contributed by atoms with E-state index in [1.165, 1.54) is 6.20 Å². The fourth-order valence-corrected chi connectivity index (χ4v) is 3.69. The molecular weight excluding hydrogens is 459 g/mol. The first kappa shape index (κ1) is 26.8. The van der Waals surface area contributed by atoms with Gasteiger partial charge in [0.1, 0.15) is 6.04 Å². The van der Waals surface area contributed by atoms with Crippen LogP contribution in [0.25, 0.3) is 10.9 Å². The van der Waals surface area contributed by atoms with Crippen LogP contribution in [0.4, 0.5) is 0 Å². The number of hydrogen-bond donors (Lipinski definition) is 5. The standard InChI is InChI=1S/C26H31BN4O5/c1-16(2)12-23(27(35)36)31-26(34)22(15-29-24(32)18-10-8-17(3)9-11-18)30-25(33)20-13-19-6-4-5-7-21(19)28-14-20/h4-11,13-14,16,22-23,35-36H,12,15H2,1-3H3,(H,29,32)(H,30,33)(H,31,34)/t22-,23-/m0/s1. The van der Waals surface area contributed by atoms with Crippen LogP contribution in [-0.4, -0.2) is 58.4 Å². The molecule has 0 aliphatic carbocycles. The first-order chi connectivity index (χ1) is 17.1. The number of rotatable bonds is 10. The molecule has 9 nitrogen and oxygen atoms in total. The second kappa shape index (κ2) is 12.3. The van der Waals surface area contributed by atoms with Crippen molar-refractivity contribution in [3.63, 3.8) is 0 Å². The Balaban J connectivity index is 1.78. The topological polar surface area (TPSA) is 141 Å². The summed E-state index contributed by atoms with van der Waals surface area (Å²) in [6.45, 7) is 5.47. The number of aryl methyl sites for hydroxylation is 1. The van der Waals surface area contributed by atoms with E-state index in [4.69, 9.17) is 0 Å². The number of pyridine rings is 1. The number of aromatic nitrogens is 1. The van der Waals surface area contributed by atoms with Gasteiger partial charge in [0.25, 0.3) is 11.8 Å². The van der Waals surface area contributed by atoms with E-state index in [1.54, 1.807) is 30.3 Å². The first-order valence-electron chi connectivity index (χ1n) is 11.8. The summed E-state index contributed by atoms with van der Waals surface area (Å²) in [7, 11) is -1.78. The summed E-state index contributed by atoms with van der Waals surface area (Å²) in [6.07, 6.45) is 1.73. The minimum atomic E-state index is -1.78. The predicted octanol–water partition coefficient (Wildman–Crippen LogP) is 1.61. The summed E-state index contributed by atoms with van der Waals surface area (Å²) in [5.74, 6) is -2.47. The molecule has 0 saturated carbocycles. The summed E-state index contributed by atoms with van der Waals surface area (Å²) in [5, 5.41) is 28.1. The molecule has 1 aromatic heterocycles. The van der Waals surface area contributed by atoms with Crippen LogP contribution in [0.15, 0.2) is 60.8 Å². The Bertz CT molecular complexity index is 1220. The third-order valence-electron chi connectivity index (χ3n) is 5.67. The molecule has 2 atom stereocenters. The summed E-state index contributed by atoms with van der Waals surface area (Å²) < 4.78 is 0. The first-order valence-corrected chi connectivity index (χ1v) is 11.8. The van der Waals surface area contributed by atoms with Crippen molar-refractivity contribution in [1.29, 1.82) is 0 Å². The molecule has 0 fully saturated rings. The Labute approximate surface area is 210 Å². The van der Waals surface area contributed by atoms with Gasteiger partial charge < -0.3 is 26.0 Å². The monoisotopic (exact) mass is 490 g/mol. The van der Waals surface area contributed by atoms with Crippen molar-refractivity contribution in [2.75, 3.05) is 6.54 Å². The van der Waals surface area contributed by atoms with Gasteiger partial charge in [0, 0.05) is 23.7 Å². The smallest absolute Gasteiger partial charge is 0.426 e. The van der Waals surface area contributed by atoms with Gasteiger partial charge in [-0.3, -0.25) is 19.4 Å². The largest absolute Gasteiger partial charge is 0.475 e. The molecular formula is C26H31BN4O5. The summed E-state index contributed by atoms with van der Waals surface area (Å²) in [5.41, 5.74) is 2.38. The van der Waals surface area contributed by atoms with Crippen molar-refractivity contribution < 1.29 is 24.4 Å². The minimum Gasteiger partial charge on any atom is -0.426 e. The van der Waals surface area contributed by atoms with Crippen molar-refractivity contribution in [3.8, 4) is 0 Å². The van der Waals surface area contributed by atoms with Gasteiger partial charge >= 0.3 is 7.12 Å². The normalized spacial score (nSPS) is 12.6. The fourth-order valence-electron chi connectivity index (χ4n) is 3.69. The Hall–Kier alpha value is -3.76. The fraction of sp³-hybridized carbons (Fsp3) is 0.308. The molecule has 10 heteroatoms. The molecule has 2 aromatic carbocycles. The lowest BCUT2D eigenvalue weighted by molar-refractivity contribution is -0.123. The van der Waals surface area contributed by atoms with Gasteiger partial charge in [0.2, 0.25) is 5.91 Å². The maximum Gasteiger partial charge on any atom is 0.475 e. The molecule has 0 bridgehead atoms. The Morgan fingerprint density at radius 2 is 1.64 bits per heavy atom. The highest BCUT2D eigenvalue weighted by Crippen LogP contribution is 2.13. The van der Waals surface area contributed by atoms with Crippen LogP contribution in [0.5, 0.6) is 0 Å². The Morgan fingerprint density at radius 1 is 0.944 bits per heavy atom. The van der Waals surface area contributed by atoms with E-state index in [9.17, 15) is 24.4 Å². The number of hydrogen-bond acceptors (Lipinski definition) is 6. The third kappa shape index (κ3) is 7.37. The molecule has 3 amide bonds. The van der Waals surface area contributed by atoms with Crippen molar-refractivity contribution in [2.45, 2.75) is 39.2 Å². The quantitative estimate of drug-likeness (QED) is 0.274. The Kier molecular flexibility index (Phi) is 9.16. The highest BCUT2D eigenvalue weighted by atomic mass is 16.4. The molecule has 188 valence electrons. The molecule has 36 heavy (non-hydrogen) atoms. The molecule has 0 radical (unpaired) electrons. The number of amides is 3. The highest BCUT2D eigenvalue weighted by molar-refractivity contribution is 6.43. The predicted molar refractivity (Wildman–Crippen MR) is 138 cm³/mol. The van der Waals surface area contributed by atoms with Crippen LogP contribution in [-0.2, 0) is 4.79 Å². The van der Waals surface area contributed by atoms with Gasteiger partial charge in [0.05, 0.1) is 17.0 Å². The Morgan fingerprint density at radius 3 is 2.31 bits per heavy atom. The van der Waals surface area contributed by atoms with E-state index in [0.29, 0.717) is 12.0 Å². The number of nitrogens with one attached hydrogen (secondary N) is 3. The molecule has 1 heterocycles.